The molecule has 0 saturated heterocycles. The van der Waals surface area contributed by atoms with Crippen LogP contribution in [-0.2, 0) is 4.79 Å². The van der Waals surface area contributed by atoms with Gasteiger partial charge in [-0.15, -0.1) is 0 Å². The Hall–Kier alpha value is -3.73. The Morgan fingerprint density at radius 1 is 1.24 bits per heavy atom. The van der Waals surface area contributed by atoms with E-state index in [1.165, 1.54) is 12.8 Å². The second-order valence-corrected chi connectivity index (χ2v) is 10.1. The van der Waals surface area contributed by atoms with E-state index in [-0.39, 0.29) is 24.3 Å². The maximum Gasteiger partial charge on any atom is 0.439 e. The quantitative estimate of drug-likeness (QED) is 0.328. The van der Waals surface area contributed by atoms with Crippen molar-refractivity contribution in [3.8, 4) is 22.8 Å². The maximum atomic E-state index is 12.1. The molecule has 0 aliphatic heterocycles. The molecule has 1 unspecified atom stereocenters. The molecule has 4 heterocycles. The van der Waals surface area contributed by atoms with Gasteiger partial charge >= 0.3 is 5.76 Å². The van der Waals surface area contributed by atoms with Crippen LogP contribution in [0.2, 0.25) is 5.02 Å². The summed E-state index contributed by atoms with van der Waals surface area (Å²) < 4.78 is 6.85. The number of likely N-dealkylation sites (N-methyl/N-ethyl adjacent to an activating group) is 1. The number of H-pyrrole nitrogens is 1. The predicted molar refractivity (Wildman–Crippen MR) is 140 cm³/mol. The van der Waals surface area contributed by atoms with E-state index in [0.717, 1.165) is 24.3 Å². The second-order valence-electron chi connectivity index (χ2n) is 9.65. The number of hydrogen-bond donors (Lipinski definition) is 3. The summed E-state index contributed by atoms with van der Waals surface area (Å²) in [6, 6.07) is 3.62. The fourth-order valence-electron chi connectivity index (χ4n) is 5.07. The van der Waals surface area contributed by atoms with Gasteiger partial charge in [-0.25, -0.2) is 14.8 Å². The number of rotatable bonds is 7. The molecule has 11 nitrogen and oxygen atoms in total. The predicted octanol–water partition coefficient (Wildman–Crippen LogP) is 4.04. The van der Waals surface area contributed by atoms with E-state index in [2.05, 4.69) is 44.2 Å². The van der Waals surface area contributed by atoms with Gasteiger partial charge in [-0.2, -0.15) is 0 Å². The molecule has 1 aliphatic carbocycles. The number of anilines is 1. The summed E-state index contributed by atoms with van der Waals surface area (Å²) >= 11 is 6.31. The van der Waals surface area contributed by atoms with E-state index in [0.29, 0.717) is 39.4 Å². The molecule has 1 atom stereocenters. The number of carbonyl (C=O) groups excluding carboxylic acids is 1. The molecule has 1 amide bonds. The van der Waals surface area contributed by atoms with Crippen LogP contribution in [0.3, 0.4) is 0 Å². The number of fused-ring (bicyclic) bond motifs is 1. The first-order valence-corrected chi connectivity index (χ1v) is 12.8. The van der Waals surface area contributed by atoms with E-state index in [1.54, 1.807) is 31.6 Å². The highest BCUT2D eigenvalue weighted by Crippen LogP contribution is 2.41. The van der Waals surface area contributed by atoms with Crippen LogP contribution >= 0.6 is 11.6 Å². The molecule has 3 N–H and O–H groups in total. The van der Waals surface area contributed by atoms with Gasteiger partial charge in [0.2, 0.25) is 17.7 Å². The van der Waals surface area contributed by atoms with Gasteiger partial charge in [0.05, 0.1) is 28.3 Å². The zero-order valence-electron chi connectivity index (χ0n) is 20.9. The van der Waals surface area contributed by atoms with Gasteiger partial charge in [-0.1, -0.05) is 36.5 Å². The largest absolute Gasteiger partial charge is 0.439 e. The second kappa shape index (κ2) is 10.3. The van der Waals surface area contributed by atoms with Crippen molar-refractivity contribution >= 4 is 34.5 Å². The standard InChI is InChI=1S/C25H29ClN8O3/c1-13-4-6-15(7-5-13)14(2)34-22-18(31-24(34)29-12-20(35)27-3)9-19(23-32-25(36)37-33-23)30-21(22)16-8-17(26)11-28-10-16/h8-11,13-15H,4-7,12H2,1-3H3,(H,27,35)(H,29,31)(H,32,33,36). The highest BCUT2D eigenvalue weighted by Gasteiger charge is 2.29. The fourth-order valence-corrected chi connectivity index (χ4v) is 5.25. The lowest BCUT2D eigenvalue weighted by molar-refractivity contribution is -0.118. The smallest absolute Gasteiger partial charge is 0.358 e. The lowest BCUT2D eigenvalue weighted by Crippen LogP contribution is -2.28. The summed E-state index contributed by atoms with van der Waals surface area (Å²) in [5, 5.41) is 10.1. The van der Waals surface area contributed by atoms with Gasteiger partial charge in [0.1, 0.15) is 5.69 Å². The molecule has 37 heavy (non-hydrogen) atoms. The highest BCUT2D eigenvalue weighted by atomic mass is 35.5. The molecule has 12 heteroatoms. The van der Waals surface area contributed by atoms with E-state index in [1.807, 2.05) is 0 Å². The minimum Gasteiger partial charge on any atom is -0.358 e. The summed E-state index contributed by atoms with van der Waals surface area (Å²) in [7, 11) is 1.60. The SMILES string of the molecule is CNC(=O)CNc1nc2cc(-c3noc(=O)[nH]3)nc(-c3cncc(Cl)c3)c2n1C(C)C1CCC(C)CC1. The minimum absolute atomic E-state index is 0.0686. The maximum absolute atomic E-state index is 12.1. The first-order chi connectivity index (χ1) is 17.8. The van der Waals surface area contributed by atoms with Gasteiger partial charge in [0.15, 0.2) is 0 Å². The van der Waals surface area contributed by atoms with Crippen molar-refractivity contribution in [3.63, 3.8) is 0 Å². The van der Waals surface area contributed by atoms with Crippen molar-refractivity contribution in [3.05, 3.63) is 40.1 Å². The van der Waals surface area contributed by atoms with Crippen LogP contribution in [0.4, 0.5) is 5.95 Å². The van der Waals surface area contributed by atoms with Crippen LogP contribution in [0.5, 0.6) is 0 Å². The molecule has 0 spiro atoms. The first kappa shape index (κ1) is 24.9. The Morgan fingerprint density at radius 3 is 2.70 bits per heavy atom. The molecule has 1 fully saturated rings. The molecule has 1 aliphatic rings. The van der Waals surface area contributed by atoms with Gasteiger partial charge in [0.25, 0.3) is 0 Å². The van der Waals surface area contributed by atoms with Crippen LogP contribution in [0, 0.1) is 11.8 Å². The molecule has 5 rings (SSSR count). The van der Waals surface area contributed by atoms with Crippen LogP contribution in [0.1, 0.15) is 45.6 Å². The fraction of sp³-hybridized carbons (Fsp3) is 0.440. The van der Waals surface area contributed by atoms with Crippen LogP contribution in [-0.4, -0.2) is 49.2 Å². The molecule has 0 aromatic carbocycles. The molecule has 0 bridgehead atoms. The minimum atomic E-state index is -0.679. The van der Waals surface area contributed by atoms with E-state index >= 15 is 0 Å². The van der Waals surface area contributed by atoms with E-state index in [9.17, 15) is 9.59 Å². The summed E-state index contributed by atoms with van der Waals surface area (Å²) in [6.07, 6.45) is 7.81. The van der Waals surface area contributed by atoms with Gasteiger partial charge < -0.3 is 15.2 Å². The Labute approximate surface area is 218 Å². The van der Waals surface area contributed by atoms with Crippen molar-refractivity contribution < 1.29 is 9.32 Å². The number of nitrogens with zero attached hydrogens (tertiary/aromatic N) is 5. The molecule has 4 aromatic rings. The van der Waals surface area contributed by atoms with Crippen molar-refractivity contribution in [2.45, 2.75) is 45.6 Å². The van der Waals surface area contributed by atoms with Crippen molar-refractivity contribution in [2.24, 2.45) is 11.8 Å². The van der Waals surface area contributed by atoms with Crippen LogP contribution in [0.15, 0.2) is 33.8 Å². The molecule has 4 aromatic heterocycles. The third kappa shape index (κ3) is 5.08. The molecular formula is C25H29ClN8O3. The number of pyridine rings is 2. The summed E-state index contributed by atoms with van der Waals surface area (Å²) in [5.74, 6) is 1.07. The third-order valence-electron chi connectivity index (χ3n) is 7.17. The average molecular weight is 525 g/mol. The monoisotopic (exact) mass is 524 g/mol. The first-order valence-electron chi connectivity index (χ1n) is 12.4. The van der Waals surface area contributed by atoms with Crippen molar-refractivity contribution in [1.82, 2.24) is 35.0 Å². The van der Waals surface area contributed by atoms with Gasteiger partial charge in [-0.3, -0.25) is 19.3 Å². The summed E-state index contributed by atoms with van der Waals surface area (Å²) in [5.41, 5.74) is 3.06. The number of halogens is 1. The molecular weight excluding hydrogens is 496 g/mol. The highest BCUT2D eigenvalue weighted by molar-refractivity contribution is 6.30. The molecule has 0 radical (unpaired) electrons. The van der Waals surface area contributed by atoms with E-state index < -0.39 is 5.76 Å². The van der Waals surface area contributed by atoms with Crippen LogP contribution < -0.4 is 16.4 Å². The van der Waals surface area contributed by atoms with E-state index in [4.69, 9.17) is 26.1 Å². The number of hydrogen-bond acceptors (Lipinski definition) is 8. The average Bonchev–Trinajstić information content (AvgIpc) is 3.50. The number of imidazole rings is 1. The Kier molecular flexibility index (Phi) is 6.96. The molecule has 1 saturated carbocycles. The zero-order chi connectivity index (χ0) is 26.1. The third-order valence-corrected chi connectivity index (χ3v) is 7.37. The number of carbonyl (C=O) groups is 1. The number of nitrogens with one attached hydrogen (secondary N) is 3. The van der Waals surface area contributed by atoms with Crippen LogP contribution in [0.25, 0.3) is 33.8 Å². The number of aromatic amines is 1. The number of amides is 1. The Bertz CT molecular complexity index is 1480. The normalized spacial score (nSPS) is 18.6. The molecule has 194 valence electrons. The lowest BCUT2D eigenvalue weighted by atomic mass is 9.79. The lowest BCUT2D eigenvalue weighted by Gasteiger charge is -2.32. The van der Waals surface area contributed by atoms with Crippen molar-refractivity contribution in [2.75, 3.05) is 18.9 Å². The number of aromatic nitrogens is 6. The summed E-state index contributed by atoms with van der Waals surface area (Å²) in [4.78, 5) is 40.3. The van der Waals surface area contributed by atoms with Crippen molar-refractivity contribution in [1.29, 1.82) is 0 Å². The van der Waals surface area contributed by atoms with Gasteiger partial charge in [0, 0.05) is 31.0 Å². The topological polar surface area (TPSA) is 144 Å². The zero-order valence-corrected chi connectivity index (χ0v) is 21.7. The Morgan fingerprint density at radius 2 is 2.03 bits per heavy atom. The summed E-state index contributed by atoms with van der Waals surface area (Å²) in [6.45, 7) is 4.56. The van der Waals surface area contributed by atoms with Gasteiger partial charge in [-0.05, 0) is 43.7 Å². The Balaban J connectivity index is 1.73.